The molecule has 154 valence electrons. The van der Waals surface area contributed by atoms with Crippen molar-refractivity contribution >= 4 is 34.9 Å². The zero-order valence-electron chi connectivity index (χ0n) is 16.4. The highest BCUT2D eigenvalue weighted by Gasteiger charge is 2.17. The van der Waals surface area contributed by atoms with Gasteiger partial charge in [0.05, 0.1) is 32.5 Å². The number of hydrogen-bond donors (Lipinski definition) is 1. The first-order chi connectivity index (χ1) is 14.4. The second-order valence-electron chi connectivity index (χ2n) is 6.00. The van der Waals surface area contributed by atoms with Crippen molar-refractivity contribution in [2.24, 2.45) is 0 Å². The Hall–Kier alpha value is -3.72. The van der Waals surface area contributed by atoms with Crippen LogP contribution in [0.4, 0.5) is 5.69 Å². The molecule has 3 rings (SSSR count). The molecule has 1 heterocycles. The summed E-state index contributed by atoms with van der Waals surface area (Å²) in [6, 6.07) is 11.5. The van der Waals surface area contributed by atoms with Gasteiger partial charge in [-0.15, -0.1) is 11.3 Å². The van der Waals surface area contributed by atoms with E-state index in [-0.39, 0.29) is 22.5 Å². The largest absolute Gasteiger partial charge is 0.497 e. The van der Waals surface area contributed by atoms with E-state index in [0.717, 1.165) is 11.3 Å². The summed E-state index contributed by atoms with van der Waals surface area (Å²) in [6.07, 6.45) is 0. The molecule has 0 aliphatic heterocycles. The normalized spacial score (nSPS) is 10.2. The summed E-state index contributed by atoms with van der Waals surface area (Å²) in [5.41, 5.74) is 1.50. The number of carbonyl (C=O) groups excluding carboxylic acids is 3. The minimum absolute atomic E-state index is 0.105. The molecular weight excluding hydrogens is 408 g/mol. The van der Waals surface area contributed by atoms with Gasteiger partial charge in [-0.1, -0.05) is 0 Å². The summed E-state index contributed by atoms with van der Waals surface area (Å²) in [6.45, 7) is 0. The van der Waals surface area contributed by atoms with Crippen molar-refractivity contribution in [3.63, 3.8) is 0 Å². The number of amides is 1. The minimum atomic E-state index is -0.647. The fourth-order valence-corrected chi connectivity index (χ4v) is 3.42. The van der Waals surface area contributed by atoms with Crippen LogP contribution in [0.2, 0.25) is 0 Å². The van der Waals surface area contributed by atoms with Gasteiger partial charge < -0.3 is 19.5 Å². The van der Waals surface area contributed by atoms with Crippen LogP contribution in [0, 0.1) is 0 Å². The third-order valence-corrected chi connectivity index (χ3v) is 5.00. The van der Waals surface area contributed by atoms with Gasteiger partial charge in [0.2, 0.25) is 0 Å². The molecule has 2 aromatic carbocycles. The topological polar surface area (TPSA) is 104 Å². The van der Waals surface area contributed by atoms with Crippen LogP contribution < -0.4 is 10.1 Å². The summed E-state index contributed by atoms with van der Waals surface area (Å²) in [5.74, 6) is -1.05. The number of hydrogen-bond acceptors (Lipinski definition) is 8. The highest BCUT2D eigenvalue weighted by Crippen LogP contribution is 2.26. The highest BCUT2D eigenvalue weighted by atomic mass is 32.1. The molecule has 0 saturated heterocycles. The summed E-state index contributed by atoms with van der Waals surface area (Å²) in [4.78, 5) is 40.8. The minimum Gasteiger partial charge on any atom is -0.497 e. The van der Waals surface area contributed by atoms with Crippen molar-refractivity contribution in [2.45, 2.75) is 0 Å². The molecule has 1 amide bonds. The van der Waals surface area contributed by atoms with E-state index in [1.54, 1.807) is 12.5 Å². The second-order valence-corrected chi connectivity index (χ2v) is 6.86. The first-order valence-electron chi connectivity index (χ1n) is 8.68. The third-order valence-electron chi connectivity index (χ3n) is 4.11. The van der Waals surface area contributed by atoms with E-state index in [0.29, 0.717) is 5.01 Å². The summed E-state index contributed by atoms with van der Waals surface area (Å²) in [7, 11) is 4.03. The van der Waals surface area contributed by atoms with Gasteiger partial charge >= 0.3 is 11.9 Å². The molecule has 0 unspecified atom stereocenters. The molecule has 1 aromatic heterocycles. The summed E-state index contributed by atoms with van der Waals surface area (Å²) < 4.78 is 14.5. The van der Waals surface area contributed by atoms with Gasteiger partial charge in [-0.25, -0.2) is 14.6 Å². The fourth-order valence-electron chi connectivity index (χ4n) is 2.61. The number of anilines is 1. The Balaban J connectivity index is 1.84. The quantitative estimate of drug-likeness (QED) is 0.600. The Morgan fingerprint density at radius 2 is 1.50 bits per heavy atom. The lowest BCUT2D eigenvalue weighted by molar-refractivity contribution is 0.0599. The molecule has 3 aromatic rings. The van der Waals surface area contributed by atoms with Crippen LogP contribution in [0.1, 0.15) is 31.2 Å². The van der Waals surface area contributed by atoms with E-state index in [1.807, 2.05) is 24.3 Å². The van der Waals surface area contributed by atoms with E-state index in [1.165, 1.54) is 43.8 Å². The number of carbonyl (C=O) groups is 3. The molecule has 0 aliphatic rings. The number of thiazole rings is 1. The van der Waals surface area contributed by atoms with Crippen LogP contribution in [0.25, 0.3) is 10.6 Å². The first kappa shape index (κ1) is 21.0. The average molecular weight is 426 g/mol. The van der Waals surface area contributed by atoms with Crippen molar-refractivity contribution in [3.05, 3.63) is 64.7 Å². The summed E-state index contributed by atoms with van der Waals surface area (Å²) in [5, 5.41) is 4.94. The van der Waals surface area contributed by atoms with Gasteiger partial charge in [0.15, 0.2) is 0 Å². The lowest BCUT2D eigenvalue weighted by atomic mass is 10.1. The SMILES string of the molecule is COC(=O)c1cc(NC(=O)c2csc(-c3ccc(OC)cc3)n2)cc(C(=O)OC)c1. The number of methoxy groups -OCH3 is 3. The Labute approximate surface area is 176 Å². The van der Waals surface area contributed by atoms with Crippen LogP contribution in [-0.2, 0) is 9.47 Å². The fraction of sp³-hybridized carbons (Fsp3) is 0.143. The van der Waals surface area contributed by atoms with Crippen LogP contribution in [0.15, 0.2) is 47.8 Å². The molecule has 1 N–H and O–H groups in total. The number of rotatable bonds is 6. The molecule has 0 saturated carbocycles. The molecule has 0 spiro atoms. The number of nitrogens with zero attached hydrogens (tertiary/aromatic N) is 1. The van der Waals surface area contributed by atoms with Crippen LogP contribution in [0.3, 0.4) is 0 Å². The third kappa shape index (κ3) is 4.64. The summed E-state index contributed by atoms with van der Waals surface area (Å²) >= 11 is 1.32. The van der Waals surface area contributed by atoms with Gasteiger partial charge in [-0.05, 0) is 42.5 Å². The number of benzene rings is 2. The Kier molecular flexibility index (Phi) is 6.43. The standard InChI is InChI=1S/C21H18N2O6S/c1-27-16-6-4-12(5-7-16)19-23-17(11-30-19)18(24)22-15-9-13(20(25)28-2)8-14(10-15)21(26)29-3/h4-11H,1-3H3,(H,22,24). The van der Waals surface area contributed by atoms with E-state index in [2.05, 4.69) is 10.3 Å². The van der Waals surface area contributed by atoms with Crippen LogP contribution in [0.5, 0.6) is 5.75 Å². The van der Waals surface area contributed by atoms with Crippen molar-refractivity contribution in [1.29, 1.82) is 0 Å². The zero-order valence-corrected chi connectivity index (χ0v) is 17.2. The van der Waals surface area contributed by atoms with E-state index >= 15 is 0 Å². The predicted molar refractivity (Wildman–Crippen MR) is 111 cm³/mol. The molecule has 0 fully saturated rings. The van der Waals surface area contributed by atoms with Gasteiger partial charge in [0.25, 0.3) is 5.91 Å². The average Bonchev–Trinajstić information content (AvgIpc) is 3.28. The monoisotopic (exact) mass is 426 g/mol. The maximum absolute atomic E-state index is 12.6. The van der Waals surface area contributed by atoms with Crippen molar-refractivity contribution in [2.75, 3.05) is 26.6 Å². The van der Waals surface area contributed by atoms with Crippen LogP contribution >= 0.6 is 11.3 Å². The lowest BCUT2D eigenvalue weighted by Crippen LogP contribution is -2.14. The molecule has 30 heavy (non-hydrogen) atoms. The Morgan fingerprint density at radius 3 is 2.03 bits per heavy atom. The van der Waals surface area contributed by atoms with E-state index in [4.69, 9.17) is 14.2 Å². The van der Waals surface area contributed by atoms with Crippen LogP contribution in [-0.4, -0.2) is 44.2 Å². The molecule has 0 aliphatic carbocycles. The number of ether oxygens (including phenoxy) is 3. The van der Waals surface area contributed by atoms with Gasteiger partial charge in [-0.2, -0.15) is 0 Å². The van der Waals surface area contributed by atoms with E-state index < -0.39 is 17.8 Å². The Morgan fingerprint density at radius 1 is 0.900 bits per heavy atom. The molecule has 8 nitrogen and oxygen atoms in total. The molecule has 9 heteroatoms. The van der Waals surface area contributed by atoms with Crippen molar-refractivity contribution in [1.82, 2.24) is 4.98 Å². The van der Waals surface area contributed by atoms with Gasteiger partial charge in [-0.3, -0.25) is 4.79 Å². The lowest BCUT2D eigenvalue weighted by Gasteiger charge is -2.08. The number of nitrogens with one attached hydrogen (secondary N) is 1. The second kappa shape index (κ2) is 9.19. The van der Waals surface area contributed by atoms with Gasteiger partial charge in [0.1, 0.15) is 16.5 Å². The van der Waals surface area contributed by atoms with Gasteiger partial charge in [0, 0.05) is 16.6 Å². The molecular formula is C21H18N2O6S. The molecule has 0 bridgehead atoms. The van der Waals surface area contributed by atoms with Crippen molar-refractivity contribution < 1.29 is 28.6 Å². The van der Waals surface area contributed by atoms with E-state index in [9.17, 15) is 14.4 Å². The Bertz CT molecular complexity index is 1060. The number of esters is 2. The number of aromatic nitrogens is 1. The maximum Gasteiger partial charge on any atom is 0.337 e. The zero-order chi connectivity index (χ0) is 21.7. The smallest absolute Gasteiger partial charge is 0.337 e. The predicted octanol–water partition coefficient (Wildman–Crippen LogP) is 3.64. The maximum atomic E-state index is 12.6. The molecule has 0 radical (unpaired) electrons. The first-order valence-corrected chi connectivity index (χ1v) is 9.56. The van der Waals surface area contributed by atoms with Crippen molar-refractivity contribution in [3.8, 4) is 16.3 Å². The molecule has 0 atom stereocenters. The highest BCUT2D eigenvalue weighted by molar-refractivity contribution is 7.13.